The van der Waals surface area contributed by atoms with Crippen molar-refractivity contribution in [1.82, 2.24) is 4.72 Å². The second kappa shape index (κ2) is 7.07. The first-order valence-electron chi connectivity index (χ1n) is 6.98. The molecule has 0 amide bonds. The number of sulfonamides is 1. The molecular weight excluding hydrogens is 314 g/mol. The highest BCUT2D eigenvalue weighted by Gasteiger charge is 2.36. The third kappa shape index (κ3) is 4.17. The van der Waals surface area contributed by atoms with Crippen LogP contribution >= 0.6 is 11.6 Å². The minimum Gasteiger partial charge on any atom is -0.394 e. The summed E-state index contributed by atoms with van der Waals surface area (Å²) in [5, 5.41) is 9.10. The summed E-state index contributed by atoms with van der Waals surface area (Å²) in [5.74, 6) is 0. The minimum atomic E-state index is -3.67. The fraction of sp³-hybridized carbons (Fsp3) is 0.571. The Kier molecular flexibility index (Phi) is 5.62. The smallest absolute Gasteiger partial charge is 0.242 e. The van der Waals surface area contributed by atoms with Gasteiger partial charge >= 0.3 is 0 Å². The predicted octanol–water partition coefficient (Wildman–Crippen LogP) is 1.94. The number of ether oxygens (including phenoxy) is 1. The Labute approximate surface area is 130 Å². The first kappa shape index (κ1) is 16.7. The van der Waals surface area contributed by atoms with E-state index in [1.807, 2.05) is 0 Å². The molecule has 0 bridgehead atoms. The summed E-state index contributed by atoms with van der Waals surface area (Å²) in [5.41, 5.74) is -0.517. The summed E-state index contributed by atoms with van der Waals surface area (Å²) >= 11 is 5.94. The fourth-order valence-electron chi connectivity index (χ4n) is 2.62. The van der Waals surface area contributed by atoms with Gasteiger partial charge in [0.05, 0.1) is 23.8 Å². The molecule has 0 spiro atoms. The highest BCUT2D eigenvalue weighted by molar-refractivity contribution is 7.89. The summed E-state index contributed by atoms with van der Waals surface area (Å²) in [4.78, 5) is 0.0713. The van der Waals surface area contributed by atoms with Crippen molar-refractivity contribution >= 4 is 21.6 Å². The van der Waals surface area contributed by atoms with Gasteiger partial charge in [-0.25, -0.2) is 13.1 Å². The molecule has 1 fully saturated rings. The van der Waals surface area contributed by atoms with Gasteiger partial charge < -0.3 is 9.84 Å². The lowest BCUT2D eigenvalue weighted by atomic mass is 10.0. The van der Waals surface area contributed by atoms with Crippen LogP contribution in [-0.2, 0) is 14.8 Å². The molecule has 118 valence electrons. The summed E-state index contributed by atoms with van der Waals surface area (Å²) in [6.45, 7) is 0.341. The van der Waals surface area contributed by atoms with Crippen molar-refractivity contribution < 1.29 is 18.3 Å². The number of hydrogen-bond acceptors (Lipinski definition) is 4. The van der Waals surface area contributed by atoms with E-state index < -0.39 is 15.6 Å². The second-order valence-electron chi connectivity index (χ2n) is 5.22. The highest BCUT2D eigenvalue weighted by Crippen LogP contribution is 2.33. The van der Waals surface area contributed by atoms with Crippen LogP contribution in [0.3, 0.4) is 0 Å². The number of hydrogen-bond donors (Lipinski definition) is 2. The summed E-state index contributed by atoms with van der Waals surface area (Å²) in [6.07, 6.45) is 3.58. The molecule has 0 unspecified atom stereocenters. The van der Waals surface area contributed by atoms with Gasteiger partial charge in [0.15, 0.2) is 0 Å². The summed E-state index contributed by atoms with van der Waals surface area (Å²) in [6, 6.07) is 6.34. The zero-order valence-electron chi connectivity index (χ0n) is 11.7. The Morgan fingerprint density at radius 2 is 1.95 bits per heavy atom. The molecule has 0 radical (unpaired) electrons. The van der Waals surface area contributed by atoms with E-state index in [4.69, 9.17) is 21.4 Å². The van der Waals surface area contributed by atoms with E-state index in [9.17, 15) is 8.42 Å². The van der Waals surface area contributed by atoms with E-state index >= 15 is 0 Å². The molecule has 0 saturated heterocycles. The van der Waals surface area contributed by atoms with E-state index in [1.165, 1.54) is 6.07 Å². The molecule has 2 rings (SSSR count). The number of aliphatic hydroxyl groups excluding tert-OH is 1. The molecule has 1 aromatic rings. The first-order chi connectivity index (χ1) is 9.99. The summed E-state index contributed by atoms with van der Waals surface area (Å²) < 4.78 is 32.9. The predicted molar refractivity (Wildman–Crippen MR) is 80.9 cm³/mol. The molecule has 5 nitrogen and oxygen atoms in total. The third-order valence-electron chi connectivity index (χ3n) is 3.72. The van der Waals surface area contributed by atoms with Crippen molar-refractivity contribution in [3.63, 3.8) is 0 Å². The number of rotatable bonds is 7. The topological polar surface area (TPSA) is 75.6 Å². The maximum atomic E-state index is 12.3. The average molecular weight is 334 g/mol. The van der Waals surface area contributed by atoms with Crippen LogP contribution in [0.4, 0.5) is 0 Å². The van der Waals surface area contributed by atoms with Gasteiger partial charge in [0.2, 0.25) is 10.0 Å². The van der Waals surface area contributed by atoms with Gasteiger partial charge in [0.1, 0.15) is 4.90 Å². The summed E-state index contributed by atoms with van der Waals surface area (Å²) in [7, 11) is -3.67. The molecule has 0 aromatic heterocycles. The molecule has 7 heteroatoms. The van der Waals surface area contributed by atoms with Crippen molar-refractivity contribution in [3.8, 4) is 0 Å². The van der Waals surface area contributed by atoms with Crippen LogP contribution in [0.1, 0.15) is 25.7 Å². The first-order valence-corrected chi connectivity index (χ1v) is 8.84. The second-order valence-corrected chi connectivity index (χ2v) is 7.36. The van der Waals surface area contributed by atoms with E-state index in [2.05, 4.69) is 4.72 Å². The van der Waals surface area contributed by atoms with Crippen LogP contribution in [0.25, 0.3) is 0 Å². The zero-order chi connectivity index (χ0) is 15.3. The minimum absolute atomic E-state index is 0.0704. The van der Waals surface area contributed by atoms with Crippen LogP contribution in [-0.4, -0.2) is 38.9 Å². The van der Waals surface area contributed by atoms with Crippen molar-refractivity contribution in [1.29, 1.82) is 0 Å². The molecule has 1 aliphatic rings. The maximum Gasteiger partial charge on any atom is 0.242 e. The largest absolute Gasteiger partial charge is 0.394 e. The van der Waals surface area contributed by atoms with Gasteiger partial charge in [-0.15, -0.1) is 0 Å². The van der Waals surface area contributed by atoms with Gasteiger partial charge in [0.25, 0.3) is 0 Å². The number of halogens is 1. The lowest BCUT2D eigenvalue weighted by molar-refractivity contribution is -0.0492. The quantitative estimate of drug-likeness (QED) is 0.799. The number of aliphatic hydroxyl groups is 1. The van der Waals surface area contributed by atoms with Gasteiger partial charge in [0, 0.05) is 6.54 Å². The Morgan fingerprint density at radius 1 is 1.29 bits per heavy atom. The van der Waals surface area contributed by atoms with Crippen LogP contribution in [0.5, 0.6) is 0 Å². The van der Waals surface area contributed by atoms with Gasteiger partial charge in [-0.2, -0.15) is 0 Å². The number of benzene rings is 1. The SMILES string of the molecule is O=S(=O)(NCC1(OCCO)CCCC1)c1ccccc1Cl. The van der Waals surface area contributed by atoms with Crippen molar-refractivity contribution in [3.05, 3.63) is 29.3 Å². The number of nitrogens with one attached hydrogen (secondary N) is 1. The lowest BCUT2D eigenvalue weighted by Gasteiger charge is -2.29. The molecule has 0 aliphatic heterocycles. The zero-order valence-corrected chi connectivity index (χ0v) is 13.3. The Morgan fingerprint density at radius 3 is 2.57 bits per heavy atom. The molecule has 1 aromatic carbocycles. The standard InChI is InChI=1S/C14H20ClNO4S/c15-12-5-1-2-6-13(12)21(18,19)16-11-14(20-10-9-17)7-3-4-8-14/h1-2,5-6,16-17H,3-4,7-11H2. The van der Waals surface area contributed by atoms with Crippen LogP contribution in [0, 0.1) is 0 Å². The van der Waals surface area contributed by atoms with Crippen LogP contribution in [0.2, 0.25) is 5.02 Å². The molecular formula is C14H20ClNO4S. The van der Waals surface area contributed by atoms with Gasteiger partial charge in [-0.1, -0.05) is 36.6 Å². The van der Waals surface area contributed by atoms with E-state index in [-0.39, 0.29) is 29.7 Å². The van der Waals surface area contributed by atoms with Gasteiger partial charge in [-0.05, 0) is 25.0 Å². The normalized spacial score (nSPS) is 18.0. The Hall–Kier alpha value is -0.660. The molecule has 2 N–H and O–H groups in total. The molecule has 1 aliphatic carbocycles. The lowest BCUT2D eigenvalue weighted by Crippen LogP contribution is -2.43. The van der Waals surface area contributed by atoms with Crippen molar-refractivity contribution in [2.75, 3.05) is 19.8 Å². The monoisotopic (exact) mass is 333 g/mol. The van der Waals surface area contributed by atoms with Crippen molar-refractivity contribution in [2.45, 2.75) is 36.2 Å². The molecule has 21 heavy (non-hydrogen) atoms. The molecule has 1 saturated carbocycles. The average Bonchev–Trinajstić information content (AvgIpc) is 2.93. The maximum absolute atomic E-state index is 12.3. The molecule has 0 heterocycles. The van der Waals surface area contributed by atoms with E-state index in [0.29, 0.717) is 0 Å². The van der Waals surface area contributed by atoms with Crippen molar-refractivity contribution in [2.24, 2.45) is 0 Å². The van der Waals surface area contributed by atoms with Crippen LogP contribution < -0.4 is 4.72 Å². The van der Waals surface area contributed by atoms with Gasteiger partial charge in [-0.3, -0.25) is 0 Å². The van der Waals surface area contributed by atoms with E-state index in [0.717, 1.165) is 25.7 Å². The van der Waals surface area contributed by atoms with Crippen LogP contribution in [0.15, 0.2) is 29.2 Å². The third-order valence-corrected chi connectivity index (χ3v) is 5.63. The van der Waals surface area contributed by atoms with E-state index in [1.54, 1.807) is 18.2 Å². The molecule has 0 atom stereocenters. The highest BCUT2D eigenvalue weighted by atomic mass is 35.5. The Balaban J connectivity index is 2.08. The Bertz CT molecular complexity index is 570. The fourth-order valence-corrected chi connectivity index (χ4v) is 4.25.